The molecule has 0 atom stereocenters. The molecule has 0 aliphatic heterocycles. The Kier molecular flexibility index (Phi) is 5.74. The monoisotopic (exact) mass is 349 g/mol. The molecule has 0 saturated carbocycles. The van der Waals surface area contributed by atoms with E-state index >= 15 is 0 Å². The zero-order chi connectivity index (χ0) is 18.4. The molecular formula is C22H23NO3. The van der Waals surface area contributed by atoms with Crippen LogP contribution in [0.2, 0.25) is 0 Å². The van der Waals surface area contributed by atoms with Gasteiger partial charge in [-0.3, -0.25) is 4.79 Å². The van der Waals surface area contributed by atoms with Gasteiger partial charge >= 0.3 is 0 Å². The smallest absolute Gasteiger partial charge is 0.255 e. The second-order valence-electron chi connectivity index (χ2n) is 5.96. The second kappa shape index (κ2) is 8.39. The van der Waals surface area contributed by atoms with Crippen molar-refractivity contribution in [1.29, 1.82) is 0 Å². The third kappa shape index (κ3) is 4.14. The molecule has 4 nitrogen and oxygen atoms in total. The Morgan fingerprint density at radius 2 is 1.69 bits per heavy atom. The molecule has 0 unspecified atom stereocenters. The van der Waals surface area contributed by atoms with E-state index in [-0.39, 0.29) is 5.91 Å². The van der Waals surface area contributed by atoms with E-state index in [2.05, 4.69) is 5.32 Å². The van der Waals surface area contributed by atoms with E-state index in [0.717, 1.165) is 22.9 Å². The minimum atomic E-state index is -0.178. The Hall–Kier alpha value is -3.01. The normalized spacial score (nSPS) is 10.5. The predicted molar refractivity (Wildman–Crippen MR) is 105 cm³/mol. The van der Waals surface area contributed by atoms with Crippen LogP contribution in [0.5, 0.6) is 11.5 Å². The quantitative estimate of drug-likeness (QED) is 0.631. The van der Waals surface area contributed by atoms with E-state index < -0.39 is 0 Å². The van der Waals surface area contributed by atoms with Crippen molar-refractivity contribution in [1.82, 2.24) is 0 Å². The number of benzene rings is 3. The Morgan fingerprint density at radius 3 is 2.46 bits per heavy atom. The number of carbonyl (C=O) groups excluding carboxylic acids is 1. The summed E-state index contributed by atoms with van der Waals surface area (Å²) in [4.78, 5) is 12.6. The van der Waals surface area contributed by atoms with Crippen molar-refractivity contribution in [2.45, 2.75) is 20.3 Å². The molecule has 3 rings (SSSR count). The summed E-state index contributed by atoms with van der Waals surface area (Å²) in [5.41, 5.74) is 1.29. The number of carbonyl (C=O) groups is 1. The van der Waals surface area contributed by atoms with Gasteiger partial charge in [-0.25, -0.2) is 0 Å². The molecule has 0 radical (unpaired) electrons. The first-order valence-corrected chi connectivity index (χ1v) is 8.91. The minimum absolute atomic E-state index is 0.178. The topological polar surface area (TPSA) is 47.6 Å². The van der Waals surface area contributed by atoms with Crippen LogP contribution in [-0.4, -0.2) is 19.1 Å². The lowest BCUT2D eigenvalue weighted by Crippen LogP contribution is -2.12. The van der Waals surface area contributed by atoms with Crippen molar-refractivity contribution < 1.29 is 14.3 Å². The average molecular weight is 349 g/mol. The van der Waals surface area contributed by atoms with Crippen LogP contribution in [0.15, 0.2) is 60.7 Å². The molecule has 26 heavy (non-hydrogen) atoms. The molecule has 3 aromatic carbocycles. The molecule has 0 spiro atoms. The second-order valence-corrected chi connectivity index (χ2v) is 5.96. The molecule has 0 heterocycles. The largest absolute Gasteiger partial charge is 0.490 e. The van der Waals surface area contributed by atoms with Gasteiger partial charge in [-0.2, -0.15) is 0 Å². The van der Waals surface area contributed by atoms with Crippen molar-refractivity contribution >= 4 is 22.4 Å². The summed E-state index contributed by atoms with van der Waals surface area (Å²) in [5, 5.41) is 5.17. The highest BCUT2D eigenvalue weighted by molar-refractivity contribution is 6.05. The molecular weight excluding hydrogens is 326 g/mol. The number of amides is 1. The zero-order valence-corrected chi connectivity index (χ0v) is 15.1. The molecule has 134 valence electrons. The SMILES string of the molecule is CCCOc1ccc(C(=O)Nc2ccc3ccccc3c2)cc1OCC. The van der Waals surface area contributed by atoms with Gasteiger partial charge < -0.3 is 14.8 Å². The summed E-state index contributed by atoms with van der Waals surface area (Å²) in [6, 6.07) is 19.2. The zero-order valence-electron chi connectivity index (χ0n) is 15.1. The van der Waals surface area contributed by atoms with Crippen LogP contribution >= 0.6 is 0 Å². The lowest BCUT2D eigenvalue weighted by Gasteiger charge is -2.13. The van der Waals surface area contributed by atoms with Crippen molar-refractivity contribution in [3.8, 4) is 11.5 Å². The molecule has 0 saturated heterocycles. The van der Waals surface area contributed by atoms with Gasteiger partial charge in [0.15, 0.2) is 11.5 Å². The van der Waals surface area contributed by atoms with Crippen LogP contribution in [-0.2, 0) is 0 Å². The van der Waals surface area contributed by atoms with E-state index in [4.69, 9.17) is 9.47 Å². The Labute approximate surface area is 153 Å². The van der Waals surface area contributed by atoms with Gasteiger partial charge in [0.1, 0.15) is 0 Å². The maximum absolute atomic E-state index is 12.6. The van der Waals surface area contributed by atoms with Crippen LogP contribution in [0.1, 0.15) is 30.6 Å². The van der Waals surface area contributed by atoms with Crippen molar-refractivity contribution in [2.75, 3.05) is 18.5 Å². The van der Waals surface area contributed by atoms with E-state index in [1.807, 2.05) is 56.3 Å². The number of nitrogens with one attached hydrogen (secondary N) is 1. The number of hydrogen-bond acceptors (Lipinski definition) is 3. The molecule has 0 aliphatic rings. The number of rotatable bonds is 7. The average Bonchev–Trinajstić information content (AvgIpc) is 2.67. The maximum atomic E-state index is 12.6. The van der Waals surface area contributed by atoms with E-state index in [1.54, 1.807) is 18.2 Å². The predicted octanol–water partition coefficient (Wildman–Crippen LogP) is 5.28. The Balaban J connectivity index is 1.80. The summed E-state index contributed by atoms with van der Waals surface area (Å²) in [7, 11) is 0. The highest BCUT2D eigenvalue weighted by Crippen LogP contribution is 2.29. The first kappa shape index (κ1) is 17.8. The van der Waals surface area contributed by atoms with E-state index in [9.17, 15) is 4.79 Å². The minimum Gasteiger partial charge on any atom is -0.490 e. The molecule has 1 amide bonds. The fourth-order valence-electron chi connectivity index (χ4n) is 2.72. The van der Waals surface area contributed by atoms with Crippen LogP contribution in [0.3, 0.4) is 0 Å². The maximum Gasteiger partial charge on any atom is 0.255 e. The summed E-state index contributed by atoms with van der Waals surface area (Å²) >= 11 is 0. The molecule has 0 aromatic heterocycles. The third-order valence-electron chi connectivity index (χ3n) is 3.97. The van der Waals surface area contributed by atoms with Gasteiger partial charge in [-0.1, -0.05) is 37.3 Å². The van der Waals surface area contributed by atoms with Crippen molar-refractivity contribution in [3.63, 3.8) is 0 Å². The molecule has 0 bridgehead atoms. The van der Waals surface area contributed by atoms with Gasteiger partial charge in [0.2, 0.25) is 0 Å². The van der Waals surface area contributed by atoms with Crippen LogP contribution in [0, 0.1) is 0 Å². The number of ether oxygens (including phenoxy) is 2. The highest BCUT2D eigenvalue weighted by Gasteiger charge is 2.12. The Bertz CT molecular complexity index is 905. The highest BCUT2D eigenvalue weighted by atomic mass is 16.5. The molecule has 0 fully saturated rings. The van der Waals surface area contributed by atoms with Crippen LogP contribution in [0.25, 0.3) is 10.8 Å². The lowest BCUT2D eigenvalue weighted by molar-refractivity contribution is 0.102. The standard InChI is InChI=1S/C22H23NO3/c1-3-13-26-20-12-10-18(15-21(20)25-4-2)22(24)23-19-11-9-16-7-5-6-8-17(16)14-19/h5-12,14-15H,3-4,13H2,1-2H3,(H,23,24). The molecule has 0 aliphatic carbocycles. The molecule has 3 aromatic rings. The fraction of sp³-hybridized carbons (Fsp3) is 0.227. The fourth-order valence-corrected chi connectivity index (χ4v) is 2.72. The van der Waals surface area contributed by atoms with Gasteiger partial charge in [0, 0.05) is 11.3 Å². The van der Waals surface area contributed by atoms with Crippen LogP contribution < -0.4 is 14.8 Å². The summed E-state index contributed by atoms with van der Waals surface area (Å²) < 4.78 is 11.3. The first-order valence-electron chi connectivity index (χ1n) is 8.91. The van der Waals surface area contributed by atoms with Gasteiger partial charge in [-0.15, -0.1) is 0 Å². The number of hydrogen-bond donors (Lipinski definition) is 1. The third-order valence-corrected chi connectivity index (χ3v) is 3.97. The van der Waals surface area contributed by atoms with Crippen molar-refractivity contribution in [3.05, 3.63) is 66.2 Å². The van der Waals surface area contributed by atoms with Gasteiger partial charge in [0.25, 0.3) is 5.91 Å². The molecule has 4 heteroatoms. The van der Waals surface area contributed by atoms with Gasteiger partial charge in [0.05, 0.1) is 13.2 Å². The molecule has 1 N–H and O–H groups in total. The Morgan fingerprint density at radius 1 is 0.885 bits per heavy atom. The van der Waals surface area contributed by atoms with Crippen LogP contribution in [0.4, 0.5) is 5.69 Å². The summed E-state index contributed by atoms with van der Waals surface area (Å²) in [5.74, 6) is 1.08. The number of anilines is 1. The summed E-state index contributed by atoms with van der Waals surface area (Å²) in [6.45, 7) is 5.08. The van der Waals surface area contributed by atoms with Gasteiger partial charge in [-0.05, 0) is 54.4 Å². The van der Waals surface area contributed by atoms with E-state index in [0.29, 0.717) is 30.3 Å². The van der Waals surface area contributed by atoms with E-state index in [1.165, 1.54) is 0 Å². The summed E-state index contributed by atoms with van der Waals surface area (Å²) in [6.07, 6.45) is 0.912. The van der Waals surface area contributed by atoms with Crippen molar-refractivity contribution in [2.24, 2.45) is 0 Å². The first-order chi connectivity index (χ1) is 12.7. The lowest BCUT2D eigenvalue weighted by atomic mass is 10.1. The number of fused-ring (bicyclic) bond motifs is 1.